The molecular formula is C24H32N4O3S2. The highest BCUT2D eigenvalue weighted by atomic mass is 32.2. The first kappa shape index (κ1) is 25.3. The number of fused-ring (bicyclic) bond motifs is 1. The molecule has 7 nitrogen and oxygen atoms in total. The number of aromatic nitrogens is 2. The fraction of sp³-hybridized carbons (Fsp3) is 0.417. The second kappa shape index (κ2) is 11.2. The first-order valence-corrected chi connectivity index (χ1v) is 13.9. The third-order valence-corrected chi connectivity index (χ3v) is 8.29. The highest BCUT2D eigenvalue weighted by Gasteiger charge is 2.23. The lowest BCUT2D eigenvalue weighted by Gasteiger charge is -2.18. The van der Waals surface area contributed by atoms with Gasteiger partial charge >= 0.3 is 0 Å². The van der Waals surface area contributed by atoms with Crippen LogP contribution in [0.4, 0.5) is 5.69 Å². The van der Waals surface area contributed by atoms with Gasteiger partial charge in [-0.1, -0.05) is 26.8 Å². The van der Waals surface area contributed by atoms with Gasteiger partial charge in [0.2, 0.25) is 15.9 Å². The lowest BCUT2D eigenvalue weighted by atomic mass is 10.2. The van der Waals surface area contributed by atoms with Crippen molar-refractivity contribution in [2.45, 2.75) is 56.4 Å². The van der Waals surface area contributed by atoms with Gasteiger partial charge in [0.1, 0.15) is 5.82 Å². The Kier molecular flexibility index (Phi) is 8.56. The zero-order valence-electron chi connectivity index (χ0n) is 19.7. The molecule has 2 aromatic carbocycles. The van der Waals surface area contributed by atoms with E-state index in [4.69, 9.17) is 4.98 Å². The number of benzene rings is 2. The molecule has 0 fully saturated rings. The number of hydrogen-bond acceptors (Lipinski definition) is 5. The SMILES string of the molecule is CCCn1c(CCC(=O)Nc2cccc(SC)c2)nc2cc(S(=O)(=O)N(CC)CC)ccc21. The Hall–Kier alpha value is -2.36. The Bertz CT molecular complexity index is 1220. The van der Waals surface area contributed by atoms with Crippen LogP contribution in [-0.2, 0) is 27.8 Å². The summed E-state index contributed by atoms with van der Waals surface area (Å²) in [5.74, 6) is 0.713. The van der Waals surface area contributed by atoms with Crippen molar-refractivity contribution in [1.29, 1.82) is 0 Å². The standard InChI is InChI=1S/C24H32N4O3S2/c1-5-15-28-22-12-11-20(33(30,31)27(6-2)7-3)17-21(22)26-23(28)13-14-24(29)25-18-9-8-10-19(16-18)32-4/h8-12,16-17H,5-7,13-15H2,1-4H3,(H,25,29). The van der Waals surface area contributed by atoms with Crippen molar-refractivity contribution < 1.29 is 13.2 Å². The number of sulfonamides is 1. The summed E-state index contributed by atoms with van der Waals surface area (Å²) >= 11 is 1.63. The number of nitrogens with one attached hydrogen (secondary N) is 1. The summed E-state index contributed by atoms with van der Waals surface area (Å²) in [5.41, 5.74) is 2.30. The molecule has 1 N–H and O–H groups in total. The van der Waals surface area contributed by atoms with E-state index >= 15 is 0 Å². The van der Waals surface area contributed by atoms with Crippen molar-refractivity contribution in [3.05, 3.63) is 48.3 Å². The summed E-state index contributed by atoms with van der Waals surface area (Å²) in [7, 11) is -3.56. The predicted molar refractivity (Wildman–Crippen MR) is 135 cm³/mol. The highest BCUT2D eigenvalue weighted by molar-refractivity contribution is 7.98. The van der Waals surface area contributed by atoms with Gasteiger partial charge in [-0.05, 0) is 49.1 Å². The second-order valence-corrected chi connectivity index (χ2v) is 10.5. The van der Waals surface area contributed by atoms with Crippen LogP contribution >= 0.6 is 11.8 Å². The van der Waals surface area contributed by atoms with Gasteiger partial charge in [0.25, 0.3) is 0 Å². The van der Waals surface area contributed by atoms with E-state index in [9.17, 15) is 13.2 Å². The quantitative estimate of drug-likeness (QED) is 0.393. The van der Waals surface area contributed by atoms with Crippen LogP contribution < -0.4 is 5.32 Å². The smallest absolute Gasteiger partial charge is 0.243 e. The minimum absolute atomic E-state index is 0.0758. The van der Waals surface area contributed by atoms with E-state index in [1.54, 1.807) is 23.9 Å². The van der Waals surface area contributed by atoms with E-state index in [2.05, 4.69) is 16.8 Å². The molecule has 3 rings (SSSR count). The van der Waals surface area contributed by atoms with Crippen molar-refractivity contribution in [1.82, 2.24) is 13.9 Å². The normalized spacial score (nSPS) is 11.9. The number of nitrogens with zero attached hydrogens (tertiary/aromatic N) is 3. The first-order valence-electron chi connectivity index (χ1n) is 11.3. The summed E-state index contributed by atoms with van der Waals surface area (Å²) in [6, 6.07) is 12.9. The minimum atomic E-state index is -3.56. The molecule has 1 heterocycles. The molecule has 1 amide bonds. The van der Waals surface area contributed by atoms with Gasteiger partial charge < -0.3 is 9.88 Å². The molecule has 0 unspecified atom stereocenters. The third kappa shape index (κ3) is 5.77. The number of hydrogen-bond donors (Lipinski definition) is 1. The van der Waals surface area contributed by atoms with Gasteiger partial charge in [-0.25, -0.2) is 13.4 Å². The molecule has 0 aliphatic heterocycles. The second-order valence-electron chi connectivity index (χ2n) is 7.70. The van der Waals surface area contributed by atoms with Crippen LogP contribution in [0.5, 0.6) is 0 Å². The number of carbonyl (C=O) groups excluding carboxylic acids is 1. The van der Waals surface area contributed by atoms with Crippen molar-refractivity contribution in [2.24, 2.45) is 0 Å². The molecule has 0 atom stereocenters. The molecule has 0 spiro atoms. The third-order valence-electron chi connectivity index (χ3n) is 5.52. The van der Waals surface area contributed by atoms with Gasteiger partial charge in [0.05, 0.1) is 15.9 Å². The van der Waals surface area contributed by atoms with Gasteiger partial charge in [-0.15, -0.1) is 11.8 Å². The fourth-order valence-corrected chi connectivity index (χ4v) is 5.78. The number of carbonyl (C=O) groups is 1. The number of anilines is 1. The summed E-state index contributed by atoms with van der Waals surface area (Å²) in [5, 5.41) is 2.95. The molecule has 0 aliphatic rings. The fourth-order valence-electron chi connectivity index (χ4n) is 3.85. The van der Waals surface area contributed by atoms with Gasteiger partial charge in [0, 0.05) is 43.1 Å². The van der Waals surface area contributed by atoms with E-state index in [1.165, 1.54) is 4.31 Å². The summed E-state index contributed by atoms with van der Waals surface area (Å²) in [6.07, 6.45) is 3.67. The molecule has 0 saturated carbocycles. The number of thioether (sulfide) groups is 1. The topological polar surface area (TPSA) is 84.3 Å². The van der Waals surface area contributed by atoms with Crippen molar-refractivity contribution in [3.8, 4) is 0 Å². The molecular weight excluding hydrogens is 456 g/mol. The molecule has 33 heavy (non-hydrogen) atoms. The van der Waals surface area contributed by atoms with Crippen LogP contribution in [0.2, 0.25) is 0 Å². The Balaban J connectivity index is 1.83. The van der Waals surface area contributed by atoms with Crippen LogP contribution in [0.1, 0.15) is 39.4 Å². The van der Waals surface area contributed by atoms with Gasteiger partial charge in [-0.2, -0.15) is 4.31 Å². The number of imidazole rings is 1. The van der Waals surface area contributed by atoms with E-state index in [-0.39, 0.29) is 10.8 Å². The Labute approximate surface area is 200 Å². The monoisotopic (exact) mass is 488 g/mol. The Morgan fingerprint density at radius 2 is 1.88 bits per heavy atom. The lowest BCUT2D eigenvalue weighted by Crippen LogP contribution is -2.30. The molecule has 0 saturated heterocycles. The molecule has 3 aromatic rings. The maximum Gasteiger partial charge on any atom is 0.243 e. The average Bonchev–Trinajstić information content (AvgIpc) is 3.15. The maximum atomic E-state index is 12.9. The zero-order chi connectivity index (χ0) is 24.0. The number of aryl methyl sites for hydroxylation is 2. The Morgan fingerprint density at radius 1 is 1.12 bits per heavy atom. The van der Waals surface area contributed by atoms with Gasteiger partial charge in [-0.3, -0.25) is 4.79 Å². The van der Waals surface area contributed by atoms with Gasteiger partial charge in [0.15, 0.2) is 0 Å². The van der Waals surface area contributed by atoms with E-state index in [0.717, 1.165) is 34.9 Å². The Morgan fingerprint density at radius 3 is 2.55 bits per heavy atom. The van der Waals surface area contributed by atoms with Crippen LogP contribution in [0.3, 0.4) is 0 Å². The van der Waals surface area contributed by atoms with E-state index < -0.39 is 10.0 Å². The zero-order valence-corrected chi connectivity index (χ0v) is 21.3. The molecule has 0 aliphatic carbocycles. The summed E-state index contributed by atoms with van der Waals surface area (Å²) in [4.78, 5) is 18.6. The average molecular weight is 489 g/mol. The number of rotatable bonds is 11. The lowest BCUT2D eigenvalue weighted by molar-refractivity contribution is -0.116. The predicted octanol–water partition coefficient (Wildman–Crippen LogP) is 4.77. The maximum absolute atomic E-state index is 12.9. The van der Waals surface area contributed by atoms with Crippen molar-refractivity contribution in [3.63, 3.8) is 0 Å². The number of amides is 1. The molecule has 0 radical (unpaired) electrons. The molecule has 9 heteroatoms. The summed E-state index contributed by atoms with van der Waals surface area (Å²) in [6.45, 7) is 7.33. The van der Waals surface area contributed by atoms with Crippen LogP contribution in [0, 0.1) is 0 Å². The summed E-state index contributed by atoms with van der Waals surface area (Å²) < 4.78 is 29.4. The first-order chi connectivity index (χ1) is 15.8. The highest BCUT2D eigenvalue weighted by Crippen LogP contribution is 2.24. The van der Waals surface area contributed by atoms with E-state index in [0.29, 0.717) is 31.4 Å². The van der Waals surface area contributed by atoms with Crippen LogP contribution in [-0.4, -0.2) is 47.5 Å². The largest absolute Gasteiger partial charge is 0.328 e. The van der Waals surface area contributed by atoms with Crippen molar-refractivity contribution >= 4 is 44.4 Å². The molecule has 1 aromatic heterocycles. The van der Waals surface area contributed by atoms with E-state index in [1.807, 2.05) is 50.4 Å². The minimum Gasteiger partial charge on any atom is -0.328 e. The molecule has 0 bridgehead atoms. The van der Waals surface area contributed by atoms with Crippen LogP contribution in [0.25, 0.3) is 11.0 Å². The van der Waals surface area contributed by atoms with Crippen molar-refractivity contribution in [2.75, 3.05) is 24.7 Å². The molecule has 178 valence electrons. The van der Waals surface area contributed by atoms with Crippen LogP contribution in [0.15, 0.2) is 52.3 Å².